The van der Waals surface area contributed by atoms with Crippen molar-refractivity contribution in [2.24, 2.45) is 11.8 Å². The third-order valence-corrected chi connectivity index (χ3v) is 8.45. The van der Waals surface area contributed by atoms with Gasteiger partial charge in [0.05, 0.1) is 5.92 Å². The van der Waals surface area contributed by atoms with Gasteiger partial charge in [0.2, 0.25) is 11.8 Å². The molecule has 3 aliphatic rings. The molecular weight excluding hydrogens is 496 g/mol. The third kappa shape index (κ3) is 6.96. The van der Waals surface area contributed by atoms with Crippen LogP contribution in [0.1, 0.15) is 49.7 Å². The van der Waals surface area contributed by atoms with E-state index in [0.29, 0.717) is 13.1 Å². The Morgan fingerprint density at radius 2 is 1.55 bits per heavy atom. The average molecular weight is 537 g/mol. The van der Waals surface area contributed by atoms with Gasteiger partial charge in [-0.15, -0.1) is 0 Å². The largest absolute Gasteiger partial charge is 0.338 e. The summed E-state index contributed by atoms with van der Waals surface area (Å²) in [6.07, 6.45) is 5.83. The minimum Gasteiger partial charge on any atom is -0.338 e. The standard InChI is InChI=1S/C31H41ClN4O2/c1-33-16-4-8-27(22-33)30(37)35-19-5-17-34(21-24-10-14-28(32)15-11-24)18-6-20-36(31(38)25-12-13-25)29-9-3-2-7-26(29)23-35/h2-3,7,9-11,14-15,25,27H,4-6,8,12-13,16-23H2,1H3. The summed E-state index contributed by atoms with van der Waals surface area (Å²) in [5.41, 5.74) is 3.29. The van der Waals surface area contributed by atoms with Gasteiger partial charge in [0.1, 0.15) is 0 Å². The highest BCUT2D eigenvalue weighted by Crippen LogP contribution is 2.34. The van der Waals surface area contributed by atoms with Gasteiger partial charge >= 0.3 is 0 Å². The molecule has 1 aliphatic carbocycles. The zero-order valence-electron chi connectivity index (χ0n) is 22.7. The number of benzene rings is 2. The minimum absolute atomic E-state index is 0.0446. The van der Waals surface area contributed by atoms with E-state index in [1.807, 2.05) is 29.2 Å². The predicted octanol–water partition coefficient (Wildman–Crippen LogP) is 5.05. The zero-order chi connectivity index (χ0) is 26.5. The number of nitrogens with zero attached hydrogens (tertiary/aromatic N) is 4. The number of anilines is 1. The first-order chi connectivity index (χ1) is 18.5. The second-order valence-electron chi connectivity index (χ2n) is 11.4. The van der Waals surface area contributed by atoms with E-state index in [4.69, 9.17) is 11.6 Å². The number of likely N-dealkylation sites (tertiary alicyclic amines) is 1. The molecule has 38 heavy (non-hydrogen) atoms. The number of hydrogen-bond donors (Lipinski definition) is 0. The van der Waals surface area contributed by atoms with Crippen molar-refractivity contribution in [3.8, 4) is 0 Å². The Bertz CT molecular complexity index is 1100. The minimum atomic E-state index is 0.0446. The molecule has 2 fully saturated rings. The summed E-state index contributed by atoms with van der Waals surface area (Å²) in [7, 11) is 2.11. The molecule has 6 nitrogen and oxygen atoms in total. The number of rotatable bonds is 4. The maximum absolute atomic E-state index is 13.9. The van der Waals surface area contributed by atoms with E-state index in [9.17, 15) is 9.59 Å². The van der Waals surface area contributed by atoms with Crippen LogP contribution in [0.5, 0.6) is 0 Å². The second-order valence-corrected chi connectivity index (χ2v) is 11.8. The molecule has 2 aromatic rings. The van der Waals surface area contributed by atoms with E-state index in [0.717, 1.165) is 94.1 Å². The lowest BCUT2D eigenvalue weighted by Crippen LogP contribution is -2.45. The fourth-order valence-corrected chi connectivity index (χ4v) is 6.09. The smallest absolute Gasteiger partial charge is 0.230 e. The molecule has 1 unspecified atom stereocenters. The van der Waals surface area contributed by atoms with Crippen LogP contribution in [0, 0.1) is 11.8 Å². The summed E-state index contributed by atoms with van der Waals surface area (Å²) in [6.45, 7) is 6.52. The number of carbonyl (C=O) groups is 2. The van der Waals surface area contributed by atoms with E-state index in [1.54, 1.807) is 0 Å². The van der Waals surface area contributed by atoms with Gasteiger partial charge in [-0.2, -0.15) is 0 Å². The quantitative estimate of drug-likeness (QED) is 0.548. The molecule has 0 N–H and O–H groups in total. The van der Waals surface area contributed by atoms with Gasteiger partial charge in [-0.1, -0.05) is 41.9 Å². The Morgan fingerprint density at radius 3 is 2.29 bits per heavy atom. The Kier molecular flexibility index (Phi) is 9.03. The summed E-state index contributed by atoms with van der Waals surface area (Å²) >= 11 is 6.12. The highest BCUT2D eigenvalue weighted by Gasteiger charge is 2.35. The molecule has 0 radical (unpaired) electrons. The summed E-state index contributed by atoms with van der Waals surface area (Å²) < 4.78 is 0. The van der Waals surface area contributed by atoms with Crippen LogP contribution in [0.2, 0.25) is 5.02 Å². The number of halogens is 1. The fraction of sp³-hybridized carbons (Fsp3) is 0.548. The van der Waals surface area contributed by atoms with Gasteiger partial charge in [-0.3, -0.25) is 14.5 Å². The number of hydrogen-bond acceptors (Lipinski definition) is 4. The molecular formula is C31H41ClN4O2. The summed E-state index contributed by atoms with van der Waals surface area (Å²) in [5.74, 6) is 0.693. The van der Waals surface area contributed by atoms with Crippen LogP contribution in [0.4, 0.5) is 5.69 Å². The molecule has 0 bridgehead atoms. The molecule has 0 spiro atoms. The van der Waals surface area contributed by atoms with Crippen molar-refractivity contribution in [1.29, 1.82) is 0 Å². The first kappa shape index (κ1) is 27.2. The number of fused-ring (bicyclic) bond motifs is 1. The van der Waals surface area contributed by atoms with Crippen LogP contribution < -0.4 is 4.90 Å². The molecule has 2 amide bonds. The summed E-state index contributed by atoms with van der Waals surface area (Å²) in [4.78, 5) is 36.2. The monoisotopic (exact) mass is 536 g/mol. The zero-order valence-corrected chi connectivity index (χ0v) is 23.4. The van der Waals surface area contributed by atoms with Crippen LogP contribution in [-0.4, -0.2) is 72.8 Å². The van der Waals surface area contributed by atoms with Crippen molar-refractivity contribution in [1.82, 2.24) is 14.7 Å². The van der Waals surface area contributed by atoms with Crippen LogP contribution >= 0.6 is 11.6 Å². The van der Waals surface area contributed by atoms with E-state index in [1.165, 1.54) is 5.56 Å². The maximum atomic E-state index is 13.9. The maximum Gasteiger partial charge on any atom is 0.230 e. The van der Waals surface area contributed by atoms with Gasteiger partial charge in [-0.05, 0) is 81.4 Å². The molecule has 2 heterocycles. The molecule has 204 valence electrons. The first-order valence-electron chi connectivity index (χ1n) is 14.3. The fourth-order valence-electron chi connectivity index (χ4n) is 5.96. The number of carbonyl (C=O) groups excluding carboxylic acids is 2. The third-order valence-electron chi connectivity index (χ3n) is 8.20. The average Bonchev–Trinajstić information content (AvgIpc) is 3.76. The predicted molar refractivity (Wildman–Crippen MR) is 153 cm³/mol. The van der Waals surface area contributed by atoms with Gasteiger partial charge < -0.3 is 14.7 Å². The number of piperidine rings is 1. The number of amides is 2. The Labute approximate surface area is 232 Å². The van der Waals surface area contributed by atoms with E-state index in [-0.39, 0.29) is 23.7 Å². The van der Waals surface area contributed by atoms with Crippen LogP contribution in [0.15, 0.2) is 48.5 Å². The lowest BCUT2D eigenvalue weighted by Gasteiger charge is -2.35. The number of para-hydroxylation sites is 1. The van der Waals surface area contributed by atoms with Crippen molar-refractivity contribution < 1.29 is 9.59 Å². The van der Waals surface area contributed by atoms with Crippen LogP contribution in [0.3, 0.4) is 0 Å². The molecule has 7 heteroatoms. The highest BCUT2D eigenvalue weighted by molar-refractivity contribution is 6.30. The lowest BCUT2D eigenvalue weighted by atomic mass is 9.96. The molecule has 1 saturated heterocycles. The van der Waals surface area contributed by atoms with Crippen molar-refractivity contribution >= 4 is 29.1 Å². The van der Waals surface area contributed by atoms with E-state index in [2.05, 4.69) is 46.0 Å². The second kappa shape index (κ2) is 12.6. The Hall–Kier alpha value is -2.41. The molecule has 2 aromatic carbocycles. The first-order valence-corrected chi connectivity index (χ1v) is 14.7. The molecule has 2 aliphatic heterocycles. The van der Waals surface area contributed by atoms with Crippen LogP contribution in [-0.2, 0) is 22.7 Å². The molecule has 1 atom stereocenters. The van der Waals surface area contributed by atoms with Gasteiger partial charge in [0.15, 0.2) is 0 Å². The SMILES string of the molecule is CN1CCCC(C(=O)N2CCCN(Cc3ccc(Cl)cc3)CCCN(C(=O)C3CC3)c3ccccc3C2)C1. The van der Waals surface area contributed by atoms with E-state index < -0.39 is 0 Å². The van der Waals surface area contributed by atoms with E-state index >= 15 is 0 Å². The van der Waals surface area contributed by atoms with Crippen molar-refractivity contribution in [3.63, 3.8) is 0 Å². The molecule has 5 rings (SSSR count). The van der Waals surface area contributed by atoms with Gasteiger partial charge in [-0.25, -0.2) is 0 Å². The van der Waals surface area contributed by atoms with Gasteiger partial charge in [0.25, 0.3) is 0 Å². The normalized spacial score (nSPS) is 22.3. The molecule has 1 saturated carbocycles. The Morgan fingerprint density at radius 1 is 0.816 bits per heavy atom. The highest BCUT2D eigenvalue weighted by atomic mass is 35.5. The summed E-state index contributed by atoms with van der Waals surface area (Å²) in [5, 5.41) is 0.748. The van der Waals surface area contributed by atoms with Crippen LogP contribution in [0.25, 0.3) is 0 Å². The van der Waals surface area contributed by atoms with Crippen molar-refractivity contribution in [2.75, 3.05) is 51.2 Å². The summed E-state index contributed by atoms with van der Waals surface area (Å²) in [6, 6.07) is 16.3. The van der Waals surface area contributed by atoms with Crippen molar-refractivity contribution in [3.05, 3.63) is 64.7 Å². The molecule has 0 aromatic heterocycles. The topological polar surface area (TPSA) is 47.1 Å². The van der Waals surface area contributed by atoms with Crippen molar-refractivity contribution in [2.45, 2.75) is 51.6 Å². The lowest BCUT2D eigenvalue weighted by molar-refractivity contribution is -0.138. The Balaban J connectivity index is 1.40. The van der Waals surface area contributed by atoms with Gasteiger partial charge in [0, 0.05) is 62.4 Å².